The molecule has 2 aromatic rings. The van der Waals surface area contributed by atoms with E-state index >= 15 is 0 Å². The van der Waals surface area contributed by atoms with Crippen LogP contribution in [0.15, 0.2) is 36.5 Å². The number of ether oxygens (including phenoxy) is 1. The van der Waals surface area contributed by atoms with E-state index in [2.05, 4.69) is 22.1 Å². The van der Waals surface area contributed by atoms with E-state index in [-0.39, 0.29) is 5.91 Å². The van der Waals surface area contributed by atoms with Gasteiger partial charge in [0.1, 0.15) is 11.4 Å². The molecule has 2 heterocycles. The summed E-state index contributed by atoms with van der Waals surface area (Å²) in [4.78, 5) is 21.1. The molecule has 7 heteroatoms. The van der Waals surface area contributed by atoms with Crippen molar-refractivity contribution in [1.29, 1.82) is 0 Å². The van der Waals surface area contributed by atoms with Gasteiger partial charge in [0.2, 0.25) is 0 Å². The zero-order valence-electron chi connectivity index (χ0n) is 15.0. The molecule has 1 aromatic carbocycles. The fourth-order valence-corrected chi connectivity index (χ4v) is 3.13. The number of rotatable bonds is 5. The maximum atomic E-state index is 12.6. The van der Waals surface area contributed by atoms with Crippen LogP contribution in [-0.2, 0) is 0 Å². The molecule has 0 saturated carbocycles. The average Bonchev–Trinajstić information content (AvgIpc) is 2.68. The predicted molar refractivity (Wildman–Crippen MR) is 104 cm³/mol. The van der Waals surface area contributed by atoms with Crippen molar-refractivity contribution in [1.82, 2.24) is 14.8 Å². The van der Waals surface area contributed by atoms with Crippen LogP contribution in [0.2, 0.25) is 5.02 Å². The van der Waals surface area contributed by atoms with Gasteiger partial charge in [-0.3, -0.25) is 4.79 Å². The zero-order valence-corrected chi connectivity index (χ0v) is 15.8. The van der Waals surface area contributed by atoms with Gasteiger partial charge in [-0.15, -0.1) is 0 Å². The van der Waals surface area contributed by atoms with Crippen LogP contribution in [-0.4, -0.2) is 60.5 Å². The largest absolute Gasteiger partial charge is 0.495 e. The molecule has 0 aliphatic carbocycles. The van der Waals surface area contributed by atoms with E-state index in [4.69, 9.17) is 16.3 Å². The minimum absolute atomic E-state index is 0.0207. The van der Waals surface area contributed by atoms with Crippen LogP contribution >= 0.6 is 11.6 Å². The summed E-state index contributed by atoms with van der Waals surface area (Å²) in [5.74, 6) is 0.663. The normalized spacial score (nSPS) is 15.0. The van der Waals surface area contributed by atoms with Crippen molar-refractivity contribution in [2.75, 3.05) is 45.2 Å². The van der Waals surface area contributed by atoms with E-state index in [0.29, 0.717) is 16.5 Å². The van der Waals surface area contributed by atoms with E-state index in [0.717, 1.165) is 44.1 Å². The quantitative estimate of drug-likeness (QED) is 0.870. The Hall–Kier alpha value is -2.31. The Balaban J connectivity index is 1.67. The number of likely N-dealkylation sites (N-methyl/N-ethyl adjacent to an activating group) is 1. The predicted octanol–water partition coefficient (Wildman–Crippen LogP) is 3.26. The highest BCUT2D eigenvalue weighted by molar-refractivity contribution is 6.31. The third-order valence-corrected chi connectivity index (χ3v) is 4.76. The maximum Gasteiger partial charge on any atom is 0.272 e. The van der Waals surface area contributed by atoms with Crippen LogP contribution in [0.5, 0.6) is 5.75 Å². The number of pyridine rings is 1. The van der Waals surface area contributed by atoms with Crippen molar-refractivity contribution in [3.8, 4) is 5.75 Å². The Kier molecular flexibility index (Phi) is 5.96. The first-order chi connectivity index (χ1) is 12.6. The standard InChI is InChI=1S/C19H23ClN4O2/c1-3-23-8-10-24(11-9-23)19(25)16-6-5-15(13-21-16)22-17-12-14(20)4-7-18(17)26-2/h4-7,12-13,22H,3,8-11H2,1-2H3. The Morgan fingerprint density at radius 2 is 2.00 bits per heavy atom. The first kappa shape index (κ1) is 18.5. The van der Waals surface area contributed by atoms with Gasteiger partial charge in [0.05, 0.1) is 24.7 Å². The molecular weight excluding hydrogens is 352 g/mol. The lowest BCUT2D eigenvalue weighted by Crippen LogP contribution is -2.48. The fourth-order valence-electron chi connectivity index (χ4n) is 2.96. The highest BCUT2D eigenvalue weighted by Crippen LogP contribution is 2.30. The third-order valence-electron chi connectivity index (χ3n) is 4.53. The van der Waals surface area contributed by atoms with Gasteiger partial charge in [-0.2, -0.15) is 0 Å². The van der Waals surface area contributed by atoms with Crippen LogP contribution in [0.3, 0.4) is 0 Å². The molecule has 0 bridgehead atoms. The Bertz CT molecular complexity index is 759. The first-order valence-corrected chi connectivity index (χ1v) is 9.06. The SMILES string of the molecule is CCN1CCN(C(=O)c2ccc(Nc3cc(Cl)ccc3OC)cn2)CC1. The lowest BCUT2D eigenvalue weighted by molar-refractivity contribution is 0.0637. The molecular formula is C19H23ClN4O2. The number of amides is 1. The molecule has 0 unspecified atom stereocenters. The highest BCUT2D eigenvalue weighted by Gasteiger charge is 2.22. The maximum absolute atomic E-state index is 12.6. The number of methoxy groups -OCH3 is 1. The highest BCUT2D eigenvalue weighted by atomic mass is 35.5. The van der Waals surface area contributed by atoms with Gasteiger partial charge in [-0.1, -0.05) is 18.5 Å². The molecule has 6 nitrogen and oxygen atoms in total. The van der Waals surface area contributed by atoms with Crippen LogP contribution in [0, 0.1) is 0 Å². The van der Waals surface area contributed by atoms with Gasteiger partial charge in [0.25, 0.3) is 5.91 Å². The summed E-state index contributed by atoms with van der Waals surface area (Å²) in [6, 6.07) is 8.93. The molecule has 26 heavy (non-hydrogen) atoms. The molecule has 138 valence electrons. The first-order valence-electron chi connectivity index (χ1n) is 8.69. The van der Waals surface area contributed by atoms with Gasteiger partial charge in [-0.05, 0) is 36.9 Å². The minimum Gasteiger partial charge on any atom is -0.495 e. The number of hydrogen-bond donors (Lipinski definition) is 1. The summed E-state index contributed by atoms with van der Waals surface area (Å²) in [6.07, 6.45) is 1.65. The van der Waals surface area contributed by atoms with E-state index < -0.39 is 0 Å². The number of aromatic nitrogens is 1. The minimum atomic E-state index is -0.0207. The van der Waals surface area contributed by atoms with Crippen molar-refractivity contribution in [2.24, 2.45) is 0 Å². The lowest BCUT2D eigenvalue weighted by atomic mass is 10.2. The van der Waals surface area contributed by atoms with Crippen molar-refractivity contribution in [2.45, 2.75) is 6.92 Å². The molecule has 0 radical (unpaired) electrons. The summed E-state index contributed by atoms with van der Waals surface area (Å²) < 4.78 is 5.33. The third kappa shape index (κ3) is 4.26. The second kappa shape index (κ2) is 8.38. The van der Waals surface area contributed by atoms with E-state index in [9.17, 15) is 4.79 Å². The summed E-state index contributed by atoms with van der Waals surface area (Å²) in [5, 5.41) is 3.83. The van der Waals surface area contributed by atoms with Crippen LogP contribution in [0.4, 0.5) is 11.4 Å². The van der Waals surface area contributed by atoms with Crippen LogP contribution in [0.25, 0.3) is 0 Å². The Labute approximate surface area is 158 Å². The average molecular weight is 375 g/mol. The number of carbonyl (C=O) groups excluding carboxylic acids is 1. The molecule has 1 aliphatic rings. The second-order valence-electron chi connectivity index (χ2n) is 6.13. The number of benzene rings is 1. The van der Waals surface area contributed by atoms with Gasteiger partial charge in [0, 0.05) is 31.2 Å². The topological polar surface area (TPSA) is 57.7 Å². The Morgan fingerprint density at radius 3 is 2.62 bits per heavy atom. The van der Waals surface area contributed by atoms with Gasteiger partial charge < -0.3 is 19.9 Å². The number of anilines is 2. The van der Waals surface area contributed by atoms with Gasteiger partial charge in [0.15, 0.2) is 0 Å². The summed E-state index contributed by atoms with van der Waals surface area (Å²) in [5.41, 5.74) is 1.97. The molecule has 1 saturated heterocycles. The smallest absolute Gasteiger partial charge is 0.272 e. The molecule has 3 rings (SSSR count). The number of hydrogen-bond acceptors (Lipinski definition) is 5. The number of piperazine rings is 1. The number of nitrogens with zero attached hydrogens (tertiary/aromatic N) is 3. The van der Waals surface area contributed by atoms with Crippen LogP contribution in [0.1, 0.15) is 17.4 Å². The molecule has 0 spiro atoms. The van der Waals surface area contributed by atoms with Crippen molar-refractivity contribution >= 4 is 28.9 Å². The second-order valence-corrected chi connectivity index (χ2v) is 6.56. The summed E-state index contributed by atoms with van der Waals surface area (Å²) in [7, 11) is 1.60. The van der Waals surface area contributed by atoms with E-state index in [1.165, 1.54) is 0 Å². The number of nitrogens with one attached hydrogen (secondary N) is 1. The number of halogens is 1. The molecule has 1 amide bonds. The number of carbonyl (C=O) groups is 1. The van der Waals surface area contributed by atoms with Gasteiger partial charge in [-0.25, -0.2) is 4.98 Å². The van der Waals surface area contributed by atoms with Crippen LogP contribution < -0.4 is 10.1 Å². The van der Waals surface area contributed by atoms with E-state index in [1.54, 1.807) is 37.6 Å². The Morgan fingerprint density at radius 1 is 1.23 bits per heavy atom. The zero-order chi connectivity index (χ0) is 18.5. The fraction of sp³-hybridized carbons (Fsp3) is 0.368. The molecule has 1 fully saturated rings. The molecule has 1 aliphatic heterocycles. The van der Waals surface area contributed by atoms with Gasteiger partial charge >= 0.3 is 0 Å². The lowest BCUT2D eigenvalue weighted by Gasteiger charge is -2.33. The van der Waals surface area contributed by atoms with Crippen molar-refractivity contribution in [3.05, 3.63) is 47.2 Å². The molecule has 1 N–H and O–H groups in total. The monoisotopic (exact) mass is 374 g/mol. The van der Waals surface area contributed by atoms with Crippen molar-refractivity contribution < 1.29 is 9.53 Å². The summed E-state index contributed by atoms with van der Waals surface area (Å²) >= 11 is 6.05. The van der Waals surface area contributed by atoms with E-state index in [1.807, 2.05) is 11.0 Å². The summed E-state index contributed by atoms with van der Waals surface area (Å²) in [6.45, 7) is 6.47. The molecule has 1 aromatic heterocycles. The molecule has 0 atom stereocenters. The van der Waals surface area contributed by atoms with Crippen molar-refractivity contribution in [3.63, 3.8) is 0 Å².